The number of anilines is 2. The Bertz CT molecular complexity index is 823. The molecule has 0 saturated carbocycles. The minimum absolute atomic E-state index is 0.319. The quantitative estimate of drug-likeness (QED) is 0.240. The van der Waals surface area contributed by atoms with Crippen molar-refractivity contribution in [2.45, 2.75) is 107 Å². The molecule has 0 radical (unpaired) electrons. The summed E-state index contributed by atoms with van der Waals surface area (Å²) in [6.45, 7) is 17.9. The first-order valence-corrected chi connectivity index (χ1v) is 13.0. The average molecular weight is 473 g/mol. The first-order chi connectivity index (χ1) is 16.1. The second-order valence-electron chi connectivity index (χ2n) is 9.26. The summed E-state index contributed by atoms with van der Waals surface area (Å²) >= 11 is 0. The van der Waals surface area contributed by atoms with Gasteiger partial charge in [0.25, 0.3) is 0 Å². The third-order valence-corrected chi connectivity index (χ3v) is 6.44. The summed E-state index contributed by atoms with van der Waals surface area (Å²) in [5.74, 6) is 2.46. The Hall–Kier alpha value is -2.50. The van der Waals surface area contributed by atoms with Crippen molar-refractivity contribution in [3.63, 3.8) is 0 Å². The molecule has 2 aromatic heterocycles. The van der Waals surface area contributed by atoms with Crippen molar-refractivity contribution in [2.75, 3.05) is 23.7 Å². The second-order valence-corrected chi connectivity index (χ2v) is 9.26. The fourth-order valence-electron chi connectivity index (χ4n) is 3.72. The van der Waals surface area contributed by atoms with Crippen molar-refractivity contribution in [1.82, 2.24) is 9.97 Å². The molecule has 0 spiro atoms. The van der Waals surface area contributed by atoms with Crippen LogP contribution in [0.4, 0.5) is 11.6 Å². The minimum atomic E-state index is 0.319. The topological polar surface area (TPSA) is 90.3 Å². The van der Waals surface area contributed by atoms with Gasteiger partial charge in [-0.05, 0) is 76.6 Å². The van der Waals surface area contributed by atoms with Gasteiger partial charge in [0.15, 0.2) is 0 Å². The van der Waals surface area contributed by atoms with E-state index in [0.717, 1.165) is 47.0 Å². The lowest BCUT2D eigenvalue weighted by atomic mass is 10.1. The number of aromatic hydroxyl groups is 2. The Balaban J connectivity index is 0.000000340. The van der Waals surface area contributed by atoms with E-state index in [-0.39, 0.29) is 0 Å². The summed E-state index contributed by atoms with van der Waals surface area (Å²) in [6, 6.07) is 0. The number of unbranched alkanes of at least 4 members (excludes halogenated alkanes) is 6. The molecule has 2 aromatic rings. The van der Waals surface area contributed by atoms with E-state index in [0.29, 0.717) is 22.9 Å². The van der Waals surface area contributed by atoms with Gasteiger partial charge in [-0.2, -0.15) is 0 Å². The Labute approximate surface area is 207 Å². The third-order valence-electron chi connectivity index (χ3n) is 6.44. The van der Waals surface area contributed by atoms with Crippen LogP contribution in [0.3, 0.4) is 0 Å². The van der Waals surface area contributed by atoms with Gasteiger partial charge in [-0.25, -0.2) is 9.97 Å². The first-order valence-electron chi connectivity index (χ1n) is 13.0. The van der Waals surface area contributed by atoms with Crippen LogP contribution in [0, 0.1) is 41.5 Å². The molecule has 2 rings (SSSR count). The molecule has 6 heteroatoms. The zero-order valence-electron chi connectivity index (χ0n) is 22.9. The largest absolute Gasteiger partial charge is 0.506 e. The Morgan fingerprint density at radius 1 is 0.529 bits per heavy atom. The lowest BCUT2D eigenvalue weighted by Crippen LogP contribution is -2.07. The zero-order chi connectivity index (χ0) is 25.7. The Kier molecular flexibility index (Phi) is 13.4. The maximum absolute atomic E-state index is 9.76. The van der Waals surface area contributed by atoms with Gasteiger partial charge in [-0.3, -0.25) is 0 Å². The Morgan fingerprint density at radius 2 is 0.882 bits per heavy atom. The summed E-state index contributed by atoms with van der Waals surface area (Å²) in [6.07, 6.45) is 9.98. The maximum Gasteiger partial charge on any atom is 0.140 e. The molecule has 192 valence electrons. The van der Waals surface area contributed by atoms with Gasteiger partial charge in [0.2, 0.25) is 0 Å². The predicted molar refractivity (Wildman–Crippen MR) is 145 cm³/mol. The number of pyridine rings is 2. The van der Waals surface area contributed by atoms with E-state index >= 15 is 0 Å². The first kappa shape index (κ1) is 29.5. The third kappa shape index (κ3) is 9.03. The molecule has 0 unspecified atom stereocenters. The van der Waals surface area contributed by atoms with Crippen LogP contribution in [0.5, 0.6) is 11.5 Å². The SMILES string of the molecule is CCCCCCNc1nc(C)c(O)c(C)c1C.CCCCCCNc1nc(C)c(O)c(C)c1C. The van der Waals surface area contributed by atoms with E-state index < -0.39 is 0 Å². The molecule has 0 aliphatic carbocycles. The number of hydrogen-bond acceptors (Lipinski definition) is 6. The molecule has 0 atom stereocenters. The molecule has 0 bridgehead atoms. The van der Waals surface area contributed by atoms with Crippen LogP contribution in [0.2, 0.25) is 0 Å². The molecular formula is C28H48N4O2. The summed E-state index contributed by atoms with van der Waals surface area (Å²) < 4.78 is 0. The highest BCUT2D eigenvalue weighted by molar-refractivity contribution is 5.55. The van der Waals surface area contributed by atoms with Gasteiger partial charge in [0.05, 0.1) is 11.4 Å². The summed E-state index contributed by atoms with van der Waals surface area (Å²) in [5, 5.41) is 26.2. The lowest BCUT2D eigenvalue weighted by molar-refractivity contribution is 0.462. The Morgan fingerprint density at radius 3 is 1.21 bits per heavy atom. The number of aryl methyl sites for hydroxylation is 2. The van der Waals surface area contributed by atoms with Gasteiger partial charge in [-0.1, -0.05) is 52.4 Å². The van der Waals surface area contributed by atoms with E-state index in [9.17, 15) is 10.2 Å². The van der Waals surface area contributed by atoms with Gasteiger partial charge >= 0.3 is 0 Å². The number of aromatic nitrogens is 2. The molecular weight excluding hydrogens is 424 g/mol. The highest BCUT2D eigenvalue weighted by atomic mass is 16.3. The van der Waals surface area contributed by atoms with Crippen LogP contribution >= 0.6 is 0 Å². The fourth-order valence-corrected chi connectivity index (χ4v) is 3.72. The van der Waals surface area contributed by atoms with Gasteiger partial charge in [0, 0.05) is 13.1 Å². The molecule has 4 N–H and O–H groups in total. The van der Waals surface area contributed by atoms with Crippen molar-refractivity contribution in [3.8, 4) is 11.5 Å². The predicted octanol–water partition coefficient (Wildman–Crippen LogP) is 7.41. The van der Waals surface area contributed by atoms with Crippen molar-refractivity contribution >= 4 is 11.6 Å². The van der Waals surface area contributed by atoms with Crippen molar-refractivity contribution in [2.24, 2.45) is 0 Å². The van der Waals surface area contributed by atoms with Crippen LogP contribution in [-0.2, 0) is 0 Å². The molecule has 34 heavy (non-hydrogen) atoms. The maximum atomic E-state index is 9.76. The van der Waals surface area contributed by atoms with Gasteiger partial charge in [-0.15, -0.1) is 0 Å². The second kappa shape index (κ2) is 15.4. The molecule has 0 aromatic carbocycles. The molecule has 0 fully saturated rings. The number of hydrogen-bond donors (Lipinski definition) is 4. The van der Waals surface area contributed by atoms with E-state index in [2.05, 4.69) is 34.4 Å². The number of rotatable bonds is 12. The fraction of sp³-hybridized carbons (Fsp3) is 0.643. The molecule has 0 saturated heterocycles. The van der Waals surface area contributed by atoms with E-state index in [1.165, 1.54) is 51.4 Å². The van der Waals surface area contributed by atoms with Crippen LogP contribution in [0.1, 0.15) is 98.9 Å². The summed E-state index contributed by atoms with van der Waals surface area (Å²) in [5.41, 5.74) is 5.34. The normalized spacial score (nSPS) is 10.6. The molecule has 6 nitrogen and oxygen atoms in total. The van der Waals surface area contributed by atoms with Crippen LogP contribution in [-0.4, -0.2) is 33.3 Å². The van der Waals surface area contributed by atoms with E-state index in [1.807, 2.05) is 41.5 Å². The monoisotopic (exact) mass is 472 g/mol. The van der Waals surface area contributed by atoms with Crippen LogP contribution in [0.15, 0.2) is 0 Å². The lowest BCUT2D eigenvalue weighted by Gasteiger charge is -2.13. The average Bonchev–Trinajstić information content (AvgIpc) is 2.82. The number of nitrogens with zero attached hydrogens (tertiary/aromatic N) is 2. The van der Waals surface area contributed by atoms with Crippen LogP contribution < -0.4 is 10.6 Å². The minimum Gasteiger partial charge on any atom is -0.506 e. The molecule has 0 aliphatic heterocycles. The van der Waals surface area contributed by atoms with Gasteiger partial charge < -0.3 is 20.8 Å². The summed E-state index contributed by atoms with van der Waals surface area (Å²) in [4.78, 5) is 8.78. The van der Waals surface area contributed by atoms with Crippen LogP contribution in [0.25, 0.3) is 0 Å². The van der Waals surface area contributed by atoms with E-state index in [4.69, 9.17) is 0 Å². The molecule has 0 aliphatic rings. The highest BCUT2D eigenvalue weighted by Crippen LogP contribution is 2.28. The van der Waals surface area contributed by atoms with Crippen molar-refractivity contribution in [3.05, 3.63) is 33.6 Å². The van der Waals surface area contributed by atoms with Crippen molar-refractivity contribution < 1.29 is 10.2 Å². The highest BCUT2D eigenvalue weighted by Gasteiger charge is 2.11. The summed E-state index contributed by atoms with van der Waals surface area (Å²) in [7, 11) is 0. The van der Waals surface area contributed by atoms with Crippen molar-refractivity contribution in [1.29, 1.82) is 0 Å². The molecule has 0 amide bonds. The standard InChI is InChI=1S/2C14H24N2O/c2*1-5-6-7-8-9-15-14-11(3)10(2)13(17)12(4)16-14/h2*17H,5-9H2,1-4H3,(H,15,16). The van der Waals surface area contributed by atoms with E-state index in [1.54, 1.807) is 0 Å². The number of nitrogens with one attached hydrogen (secondary N) is 2. The molecule has 2 heterocycles. The zero-order valence-corrected chi connectivity index (χ0v) is 22.9. The van der Waals surface area contributed by atoms with Gasteiger partial charge in [0.1, 0.15) is 23.1 Å². The smallest absolute Gasteiger partial charge is 0.140 e.